The predicted molar refractivity (Wildman–Crippen MR) is 118 cm³/mol. The van der Waals surface area contributed by atoms with Crippen molar-refractivity contribution < 1.29 is 9.90 Å². The Kier molecular flexibility index (Phi) is 5.79. The number of aromatic nitrogens is 2. The molecule has 1 amide bonds. The molecule has 2 aliphatic heterocycles. The normalized spacial score (nSPS) is 18.6. The summed E-state index contributed by atoms with van der Waals surface area (Å²) in [5.74, 6) is 0.368. The predicted octanol–water partition coefficient (Wildman–Crippen LogP) is 2.97. The molecule has 1 aromatic heterocycles. The SMILES string of the molecule is C=C1c2c(O)c(=O)nc(C3CCCN3C(=O)CSc3ccccc3Cl)n2CCN1C. The van der Waals surface area contributed by atoms with Crippen molar-refractivity contribution in [3.05, 3.63) is 57.7 Å². The van der Waals surface area contributed by atoms with Gasteiger partial charge in [-0.05, 0) is 25.0 Å². The van der Waals surface area contributed by atoms with Gasteiger partial charge in [0.2, 0.25) is 11.7 Å². The van der Waals surface area contributed by atoms with Crippen LogP contribution in [0.3, 0.4) is 0 Å². The van der Waals surface area contributed by atoms with Gasteiger partial charge in [0, 0.05) is 31.6 Å². The minimum absolute atomic E-state index is 0.0224. The van der Waals surface area contributed by atoms with Crippen molar-refractivity contribution >= 4 is 35.0 Å². The zero-order chi connectivity index (χ0) is 21.4. The molecule has 1 N–H and O–H groups in total. The molecule has 0 bridgehead atoms. The van der Waals surface area contributed by atoms with Crippen LogP contribution in [0.2, 0.25) is 5.02 Å². The smallest absolute Gasteiger partial charge is 0.315 e. The highest BCUT2D eigenvalue weighted by Crippen LogP contribution is 2.36. The molecule has 3 heterocycles. The molecule has 1 aromatic carbocycles. The van der Waals surface area contributed by atoms with Crippen molar-refractivity contribution in [2.24, 2.45) is 0 Å². The number of amides is 1. The second kappa shape index (κ2) is 8.35. The molecule has 30 heavy (non-hydrogen) atoms. The average molecular weight is 447 g/mol. The van der Waals surface area contributed by atoms with E-state index in [1.165, 1.54) is 11.8 Å². The summed E-state index contributed by atoms with van der Waals surface area (Å²) in [5, 5.41) is 11.0. The van der Waals surface area contributed by atoms with Gasteiger partial charge in [0.25, 0.3) is 0 Å². The lowest BCUT2D eigenvalue weighted by molar-refractivity contribution is -0.129. The number of nitrogens with zero attached hydrogens (tertiary/aromatic N) is 4. The van der Waals surface area contributed by atoms with Crippen molar-refractivity contribution in [1.82, 2.24) is 19.4 Å². The first-order valence-electron chi connectivity index (χ1n) is 9.79. The number of carbonyl (C=O) groups is 1. The van der Waals surface area contributed by atoms with Crippen molar-refractivity contribution in [2.75, 3.05) is 25.9 Å². The van der Waals surface area contributed by atoms with Gasteiger partial charge in [-0.3, -0.25) is 9.59 Å². The molecule has 1 unspecified atom stereocenters. The van der Waals surface area contributed by atoms with Gasteiger partial charge in [-0.15, -0.1) is 11.8 Å². The number of halogens is 1. The molecular weight excluding hydrogens is 424 g/mol. The van der Waals surface area contributed by atoms with Crippen LogP contribution in [0.4, 0.5) is 0 Å². The molecule has 2 aliphatic rings. The number of likely N-dealkylation sites (tertiary alicyclic amines) is 1. The van der Waals surface area contributed by atoms with Crippen LogP contribution in [-0.4, -0.2) is 56.3 Å². The number of thioether (sulfide) groups is 1. The van der Waals surface area contributed by atoms with Gasteiger partial charge in [-0.25, -0.2) is 0 Å². The minimum atomic E-state index is -0.683. The Hall–Kier alpha value is -2.45. The second-order valence-electron chi connectivity index (χ2n) is 7.46. The van der Waals surface area contributed by atoms with E-state index in [9.17, 15) is 14.7 Å². The highest BCUT2D eigenvalue weighted by atomic mass is 35.5. The molecule has 158 valence electrons. The molecule has 0 radical (unpaired) electrons. The zero-order valence-corrected chi connectivity index (χ0v) is 18.2. The molecule has 1 fully saturated rings. The Labute approximate surface area is 184 Å². The van der Waals surface area contributed by atoms with E-state index in [-0.39, 0.29) is 23.5 Å². The Morgan fingerprint density at radius 3 is 2.87 bits per heavy atom. The van der Waals surface area contributed by atoms with Crippen molar-refractivity contribution in [3.63, 3.8) is 0 Å². The molecule has 9 heteroatoms. The van der Waals surface area contributed by atoms with Crippen LogP contribution in [0.1, 0.15) is 30.4 Å². The van der Waals surface area contributed by atoms with E-state index in [0.717, 1.165) is 17.7 Å². The maximum atomic E-state index is 13.0. The largest absolute Gasteiger partial charge is 0.501 e. The minimum Gasteiger partial charge on any atom is -0.501 e. The summed E-state index contributed by atoms with van der Waals surface area (Å²) in [4.78, 5) is 34.1. The van der Waals surface area contributed by atoms with Crippen LogP contribution in [0.15, 0.2) is 40.5 Å². The third-order valence-electron chi connectivity index (χ3n) is 5.64. The number of aromatic hydroxyl groups is 1. The first kappa shape index (κ1) is 20.8. The number of rotatable bonds is 4. The summed E-state index contributed by atoms with van der Waals surface area (Å²) in [6.45, 7) is 5.87. The van der Waals surface area contributed by atoms with Gasteiger partial charge >= 0.3 is 5.56 Å². The summed E-state index contributed by atoms with van der Waals surface area (Å²) >= 11 is 7.60. The number of hydrogen-bond acceptors (Lipinski definition) is 6. The first-order valence-corrected chi connectivity index (χ1v) is 11.2. The third-order valence-corrected chi connectivity index (χ3v) is 7.14. The quantitative estimate of drug-likeness (QED) is 0.727. The Balaban J connectivity index is 1.62. The summed E-state index contributed by atoms with van der Waals surface area (Å²) < 4.78 is 1.84. The fraction of sp³-hybridized carbons (Fsp3) is 0.381. The third kappa shape index (κ3) is 3.70. The molecule has 7 nitrogen and oxygen atoms in total. The zero-order valence-electron chi connectivity index (χ0n) is 16.7. The van der Waals surface area contributed by atoms with E-state index in [2.05, 4.69) is 11.6 Å². The van der Waals surface area contributed by atoms with Crippen LogP contribution in [-0.2, 0) is 11.3 Å². The lowest BCUT2D eigenvalue weighted by Crippen LogP contribution is -2.39. The van der Waals surface area contributed by atoms with Crippen LogP contribution in [0, 0.1) is 0 Å². The van der Waals surface area contributed by atoms with Gasteiger partial charge in [-0.1, -0.05) is 30.3 Å². The fourth-order valence-electron chi connectivity index (χ4n) is 4.02. The van der Waals surface area contributed by atoms with Crippen molar-refractivity contribution in [2.45, 2.75) is 30.3 Å². The second-order valence-corrected chi connectivity index (χ2v) is 8.88. The Bertz CT molecular complexity index is 1070. The maximum Gasteiger partial charge on any atom is 0.315 e. The molecule has 1 atom stereocenters. The molecule has 0 spiro atoms. The van der Waals surface area contributed by atoms with E-state index in [1.807, 2.05) is 34.7 Å². The van der Waals surface area contributed by atoms with E-state index in [0.29, 0.717) is 41.9 Å². The summed E-state index contributed by atoms with van der Waals surface area (Å²) in [7, 11) is 1.87. The number of fused-ring (bicyclic) bond motifs is 1. The van der Waals surface area contributed by atoms with E-state index < -0.39 is 5.56 Å². The molecule has 1 saturated heterocycles. The summed E-state index contributed by atoms with van der Waals surface area (Å²) in [5.41, 5.74) is 0.283. The van der Waals surface area contributed by atoms with E-state index >= 15 is 0 Å². The molecule has 4 rings (SSSR count). The number of hydrogen-bond donors (Lipinski definition) is 1. The Morgan fingerprint density at radius 2 is 2.10 bits per heavy atom. The van der Waals surface area contributed by atoms with Gasteiger partial charge in [0.05, 0.1) is 22.5 Å². The maximum absolute atomic E-state index is 13.0. The summed E-state index contributed by atoms with van der Waals surface area (Å²) in [6.07, 6.45) is 1.56. The highest BCUT2D eigenvalue weighted by Gasteiger charge is 2.35. The number of likely N-dealkylation sites (N-methyl/N-ethyl adjacent to an activating group) is 1. The van der Waals surface area contributed by atoms with Gasteiger partial charge < -0.3 is 19.5 Å². The van der Waals surface area contributed by atoms with Crippen LogP contribution in [0.25, 0.3) is 5.70 Å². The number of benzene rings is 1. The lowest BCUT2D eigenvalue weighted by atomic mass is 10.1. The number of carbonyl (C=O) groups excluding carboxylic acids is 1. The molecular formula is C21H23ClN4O3S. The monoisotopic (exact) mass is 446 g/mol. The van der Waals surface area contributed by atoms with E-state index in [4.69, 9.17) is 11.6 Å². The van der Waals surface area contributed by atoms with Gasteiger partial charge in [0.15, 0.2) is 0 Å². The summed E-state index contributed by atoms with van der Waals surface area (Å²) in [6, 6.07) is 7.14. The van der Waals surface area contributed by atoms with Crippen molar-refractivity contribution in [1.29, 1.82) is 0 Å². The topological polar surface area (TPSA) is 78.7 Å². The highest BCUT2D eigenvalue weighted by molar-refractivity contribution is 8.00. The molecule has 0 saturated carbocycles. The Morgan fingerprint density at radius 1 is 1.33 bits per heavy atom. The first-order chi connectivity index (χ1) is 14.4. The van der Waals surface area contributed by atoms with Crippen LogP contribution < -0.4 is 5.56 Å². The average Bonchev–Trinajstić information content (AvgIpc) is 3.22. The van der Waals surface area contributed by atoms with Crippen LogP contribution >= 0.6 is 23.4 Å². The van der Waals surface area contributed by atoms with Gasteiger partial charge in [-0.2, -0.15) is 4.98 Å². The lowest BCUT2D eigenvalue weighted by Gasteiger charge is -2.34. The van der Waals surface area contributed by atoms with E-state index in [1.54, 1.807) is 11.0 Å². The van der Waals surface area contributed by atoms with Gasteiger partial charge in [0.1, 0.15) is 11.5 Å². The molecule has 2 aromatic rings. The van der Waals surface area contributed by atoms with Crippen LogP contribution in [0.5, 0.6) is 5.75 Å². The standard InChI is InChI=1S/C21H23ClN4O3S/c1-13-18-19(28)21(29)23-20(26(18)11-10-24(13)2)15-7-5-9-25(15)17(27)12-30-16-8-4-3-6-14(16)22/h3-4,6,8,15,28H,1,5,7,9-12H2,2H3. The molecule has 0 aliphatic carbocycles. The fourth-order valence-corrected chi connectivity index (χ4v) is 5.14. The van der Waals surface area contributed by atoms with Crippen molar-refractivity contribution in [3.8, 4) is 5.75 Å².